The summed E-state index contributed by atoms with van der Waals surface area (Å²) in [5.41, 5.74) is 0.676. The average molecular weight is 304 g/mol. The Kier molecular flexibility index (Phi) is 5.78. The maximum absolute atomic E-state index is 12.0. The van der Waals surface area contributed by atoms with Crippen LogP contribution in [-0.2, 0) is 4.74 Å². The van der Waals surface area contributed by atoms with E-state index in [1.54, 1.807) is 31.4 Å². The van der Waals surface area contributed by atoms with Gasteiger partial charge in [0, 0.05) is 0 Å². The summed E-state index contributed by atoms with van der Waals surface area (Å²) in [6.45, 7) is 0.476. The molecule has 0 spiro atoms. The third-order valence-electron chi connectivity index (χ3n) is 1.99. The van der Waals surface area contributed by atoms with Crippen LogP contribution in [0.3, 0.4) is 0 Å². The molecule has 0 saturated carbocycles. The molecule has 0 aromatic heterocycles. The van der Waals surface area contributed by atoms with Crippen molar-refractivity contribution in [2.75, 3.05) is 13.7 Å². The molecule has 1 rings (SSSR count). The third kappa shape index (κ3) is 3.76. The Morgan fingerprint density at radius 1 is 1.44 bits per heavy atom. The first-order chi connectivity index (χ1) is 7.69. The molecule has 0 unspecified atom stereocenters. The van der Waals surface area contributed by atoms with Gasteiger partial charge in [-0.15, -0.1) is 0 Å². The second-order valence-electron chi connectivity index (χ2n) is 3.06. The number of ketones is 1. The molecule has 16 heavy (non-hydrogen) atoms. The zero-order chi connectivity index (χ0) is 12.0. The van der Waals surface area contributed by atoms with E-state index >= 15 is 0 Å². The monoisotopic (exact) mass is 304 g/mol. The summed E-state index contributed by atoms with van der Waals surface area (Å²) in [7, 11) is 1.61. The summed E-state index contributed by atoms with van der Waals surface area (Å²) in [5, 5.41) is 0.640. The number of carbonyl (C=O) groups is 1. The van der Waals surface area contributed by atoms with Gasteiger partial charge in [0.2, 0.25) is 0 Å². The van der Waals surface area contributed by atoms with E-state index in [0.29, 0.717) is 17.2 Å². The molecule has 0 amide bonds. The molecular formula is C12H13ClO2Se. The second-order valence-corrected chi connectivity index (χ2v) is 5.28. The number of benzene rings is 1. The van der Waals surface area contributed by atoms with Crippen molar-refractivity contribution >= 4 is 32.3 Å². The molecule has 86 valence electrons. The molecule has 0 radical (unpaired) electrons. The van der Waals surface area contributed by atoms with Gasteiger partial charge in [0.25, 0.3) is 0 Å². The summed E-state index contributed by atoms with van der Waals surface area (Å²) in [6, 6.07) is 6.95. The zero-order valence-corrected chi connectivity index (χ0v) is 11.7. The van der Waals surface area contributed by atoms with Crippen LogP contribution in [0.2, 0.25) is 10.8 Å². The SMILES string of the molecule is COC/C=C(\[Se]C)C(=O)c1ccc(Cl)cc1. The molecular weight excluding hydrogens is 291 g/mol. The Bertz CT molecular complexity index is 385. The Morgan fingerprint density at radius 2 is 2.06 bits per heavy atom. The number of hydrogen-bond acceptors (Lipinski definition) is 2. The van der Waals surface area contributed by atoms with Gasteiger partial charge in [-0.2, -0.15) is 0 Å². The van der Waals surface area contributed by atoms with Gasteiger partial charge >= 0.3 is 107 Å². The molecule has 0 aliphatic rings. The molecule has 0 aliphatic heterocycles. The van der Waals surface area contributed by atoms with Gasteiger partial charge in [-0.1, -0.05) is 0 Å². The van der Waals surface area contributed by atoms with E-state index in [9.17, 15) is 4.79 Å². The van der Waals surface area contributed by atoms with E-state index < -0.39 is 0 Å². The van der Waals surface area contributed by atoms with Gasteiger partial charge in [-0.3, -0.25) is 0 Å². The van der Waals surface area contributed by atoms with Crippen LogP contribution < -0.4 is 0 Å². The minimum atomic E-state index is 0.0659. The van der Waals surface area contributed by atoms with Crippen molar-refractivity contribution in [3.63, 3.8) is 0 Å². The van der Waals surface area contributed by atoms with Crippen molar-refractivity contribution in [1.29, 1.82) is 0 Å². The first-order valence-electron chi connectivity index (χ1n) is 4.72. The number of rotatable bonds is 5. The van der Waals surface area contributed by atoms with Crippen molar-refractivity contribution in [2.45, 2.75) is 5.82 Å². The van der Waals surface area contributed by atoms with Crippen LogP contribution in [0.5, 0.6) is 0 Å². The van der Waals surface area contributed by atoms with Crippen LogP contribution in [0.25, 0.3) is 0 Å². The summed E-state index contributed by atoms with van der Waals surface area (Å²) in [5.74, 6) is 2.08. The van der Waals surface area contributed by atoms with Crippen LogP contribution in [0, 0.1) is 0 Å². The Labute approximate surface area is 107 Å². The number of carbonyl (C=O) groups excluding carboxylic acids is 1. The molecule has 0 atom stereocenters. The van der Waals surface area contributed by atoms with Crippen LogP contribution >= 0.6 is 11.6 Å². The molecule has 0 aliphatic carbocycles. The van der Waals surface area contributed by atoms with E-state index in [0.717, 1.165) is 4.47 Å². The van der Waals surface area contributed by atoms with Crippen LogP contribution in [0.15, 0.2) is 34.8 Å². The van der Waals surface area contributed by atoms with Gasteiger partial charge in [-0.05, 0) is 0 Å². The molecule has 0 bridgehead atoms. The normalized spacial score (nSPS) is 11.6. The first-order valence-corrected chi connectivity index (χ1v) is 7.67. The zero-order valence-electron chi connectivity index (χ0n) is 9.20. The molecule has 1 aromatic rings. The summed E-state index contributed by atoms with van der Waals surface area (Å²) >= 11 is 5.93. The van der Waals surface area contributed by atoms with Crippen molar-refractivity contribution in [3.8, 4) is 0 Å². The van der Waals surface area contributed by atoms with E-state index in [4.69, 9.17) is 16.3 Å². The van der Waals surface area contributed by atoms with Crippen molar-refractivity contribution < 1.29 is 9.53 Å². The molecule has 0 saturated heterocycles. The molecule has 0 fully saturated rings. The topological polar surface area (TPSA) is 26.3 Å². The first kappa shape index (κ1) is 13.5. The fourth-order valence-corrected chi connectivity index (χ4v) is 2.43. The Balaban J connectivity index is 2.87. The number of hydrogen-bond donors (Lipinski definition) is 0. The summed E-state index contributed by atoms with van der Waals surface area (Å²) < 4.78 is 5.77. The Hall–Kier alpha value is -0.601. The van der Waals surface area contributed by atoms with Gasteiger partial charge in [-0.25, -0.2) is 0 Å². The fourth-order valence-electron chi connectivity index (χ4n) is 1.17. The standard InChI is InChI=1S/C12H13ClO2Se/c1-15-8-7-11(16-2)12(14)9-3-5-10(13)6-4-9/h3-7H,8H2,1-2H3/b11-7-. The number of halogens is 1. The number of methoxy groups -OCH3 is 1. The van der Waals surface area contributed by atoms with Crippen molar-refractivity contribution in [2.24, 2.45) is 0 Å². The number of allylic oxidation sites excluding steroid dienone is 1. The van der Waals surface area contributed by atoms with E-state index in [1.165, 1.54) is 0 Å². The molecule has 0 heterocycles. The van der Waals surface area contributed by atoms with Crippen LogP contribution in [-0.4, -0.2) is 34.5 Å². The van der Waals surface area contributed by atoms with Gasteiger partial charge < -0.3 is 0 Å². The molecule has 0 N–H and O–H groups in total. The van der Waals surface area contributed by atoms with Crippen LogP contribution in [0.1, 0.15) is 10.4 Å². The van der Waals surface area contributed by atoms with E-state index in [2.05, 4.69) is 0 Å². The second kappa shape index (κ2) is 6.87. The van der Waals surface area contributed by atoms with Crippen molar-refractivity contribution in [1.82, 2.24) is 0 Å². The quantitative estimate of drug-likeness (QED) is 0.475. The van der Waals surface area contributed by atoms with Gasteiger partial charge in [0.15, 0.2) is 0 Å². The van der Waals surface area contributed by atoms with Gasteiger partial charge in [0.1, 0.15) is 0 Å². The summed E-state index contributed by atoms with van der Waals surface area (Å²) in [4.78, 5) is 12.0. The third-order valence-corrected chi connectivity index (χ3v) is 3.90. The fraction of sp³-hybridized carbons (Fsp3) is 0.250. The van der Waals surface area contributed by atoms with Crippen molar-refractivity contribution in [3.05, 3.63) is 45.4 Å². The number of ether oxygens (including phenoxy) is 1. The summed E-state index contributed by atoms with van der Waals surface area (Å²) in [6.07, 6.45) is 1.84. The minimum absolute atomic E-state index is 0.0659. The predicted octanol–water partition coefficient (Wildman–Crippen LogP) is 2.81. The molecule has 4 heteroatoms. The number of Topliss-reactive ketones (excluding diaryl/α,β-unsaturated/α-hetero) is 1. The predicted molar refractivity (Wildman–Crippen MR) is 67.4 cm³/mol. The average Bonchev–Trinajstić information content (AvgIpc) is 2.30. The maximum atomic E-state index is 12.0. The van der Waals surface area contributed by atoms with Crippen LogP contribution in [0.4, 0.5) is 0 Å². The van der Waals surface area contributed by atoms with E-state index in [-0.39, 0.29) is 20.7 Å². The van der Waals surface area contributed by atoms with Gasteiger partial charge in [0.05, 0.1) is 0 Å². The molecule has 2 nitrogen and oxygen atoms in total. The van der Waals surface area contributed by atoms with E-state index in [1.807, 2.05) is 11.9 Å². The Morgan fingerprint density at radius 3 is 2.56 bits per heavy atom. The molecule has 1 aromatic carbocycles.